The van der Waals surface area contributed by atoms with Gasteiger partial charge < -0.3 is 15.6 Å². The van der Waals surface area contributed by atoms with Crippen molar-refractivity contribution in [2.45, 2.75) is 20.4 Å². The Morgan fingerprint density at radius 3 is 2.79 bits per heavy atom. The molecule has 3 N–H and O–H groups in total. The Kier molecular flexibility index (Phi) is 4.98. The summed E-state index contributed by atoms with van der Waals surface area (Å²) >= 11 is 1.30. The summed E-state index contributed by atoms with van der Waals surface area (Å²) in [6.07, 6.45) is 3.67. The number of fused-ring (bicyclic) bond motifs is 1. The van der Waals surface area contributed by atoms with Gasteiger partial charge in [-0.2, -0.15) is 0 Å². The van der Waals surface area contributed by atoms with Crippen LogP contribution in [0.1, 0.15) is 16.7 Å². The summed E-state index contributed by atoms with van der Waals surface area (Å²) in [5, 5.41) is 4.33. The Labute approximate surface area is 172 Å². The molecule has 2 amide bonds. The molecule has 6 nitrogen and oxygen atoms in total. The first kappa shape index (κ1) is 19.0. The van der Waals surface area contributed by atoms with E-state index in [4.69, 9.17) is 5.73 Å². The van der Waals surface area contributed by atoms with E-state index in [9.17, 15) is 9.59 Å². The normalized spacial score (nSPS) is 16.7. The summed E-state index contributed by atoms with van der Waals surface area (Å²) in [6.45, 7) is 4.12. The molecule has 2 aromatic carbocycles. The molecule has 0 saturated carbocycles. The zero-order valence-electron chi connectivity index (χ0n) is 16.1. The summed E-state index contributed by atoms with van der Waals surface area (Å²) in [7, 11) is 0. The van der Waals surface area contributed by atoms with Gasteiger partial charge in [0.2, 0.25) is 5.91 Å². The fourth-order valence-corrected chi connectivity index (χ4v) is 4.18. The number of para-hydroxylation sites is 1. The van der Waals surface area contributed by atoms with E-state index in [1.807, 2.05) is 62.5 Å². The SMILES string of the molecule is Cc1ccc(N=C2NC(=O)C(=Cc3cn(CC(N)=O)c4ccccc34)S2)c(C)c1. The minimum absolute atomic E-state index is 0.0857. The van der Waals surface area contributed by atoms with Crippen LogP contribution in [0.4, 0.5) is 5.69 Å². The lowest BCUT2D eigenvalue weighted by molar-refractivity contribution is -0.118. The van der Waals surface area contributed by atoms with Crippen LogP contribution in [0, 0.1) is 13.8 Å². The van der Waals surface area contributed by atoms with Gasteiger partial charge in [0.1, 0.15) is 6.54 Å². The first-order chi connectivity index (χ1) is 13.9. The third-order valence-corrected chi connectivity index (χ3v) is 5.57. The number of amidine groups is 1. The topological polar surface area (TPSA) is 89.5 Å². The monoisotopic (exact) mass is 404 g/mol. The van der Waals surface area contributed by atoms with Crippen molar-refractivity contribution in [2.75, 3.05) is 0 Å². The number of rotatable bonds is 4. The second-order valence-electron chi connectivity index (χ2n) is 6.97. The first-order valence-electron chi connectivity index (χ1n) is 9.14. The number of nitrogens with zero attached hydrogens (tertiary/aromatic N) is 2. The maximum atomic E-state index is 12.5. The van der Waals surface area contributed by atoms with Gasteiger partial charge in [0.25, 0.3) is 5.91 Å². The smallest absolute Gasteiger partial charge is 0.264 e. The van der Waals surface area contributed by atoms with Crippen LogP contribution in [0.3, 0.4) is 0 Å². The van der Waals surface area contributed by atoms with Crippen molar-refractivity contribution >= 4 is 51.4 Å². The number of carbonyl (C=O) groups is 2. The molecule has 7 heteroatoms. The molecule has 0 spiro atoms. The lowest BCUT2D eigenvalue weighted by atomic mass is 10.1. The summed E-state index contributed by atoms with van der Waals surface area (Å²) in [4.78, 5) is 29.0. The van der Waals surface area contributed by atoms with Crippen LogP contribution in [-0.4, -0.2) is 21.5 Å². The summed E-state index contributed by atoms with van der Waals surface area (Å²) in [5.41, 5.74) is 10.2. The molecule has 0 bridgehead atoms. The molecule has 2 heterocycles. The van der Waals surface area contributed by atoms with E-state index in [2.05, 4.69) is 16.4 Å². The molecule has 4 rings (SSSR count). The highest BCUT2D eigenvalue weighted by atomic mass is 32.2. The van der Waals surface area contributed by atoms with Crippen LogP contribution in [0.2, 0.25) is 0 Å². The van der Waals surface area contributed by atoms with Gasteiger partial charge in [-0.25, -0.2) is 4.99 Å². The fraction of sp³-hybridized carbons (Fsp3) is 0.136. The second-order valence-corrected chi connectivity index (χ2v) is 8.00. The minimum atomic E-state index is -0.416. The number of nitrogens with two attached hydrogens (primary N) is 1. The van der Waals surface area contributed by atoms with Gasteiger partial charge in [-0.15, -0.1) is 0 Å². The average Bonchev–Trinajstić information content (AvgIpc) is 3.18. The molecule has 1 fully saturated rings. The molecule has 1 saturated heterocycles. The Bertz CT molecular complexity index is 1210. The Morgan fingerprint density at radius 1 is 1.24 bits per heavy atom. The lowest BCUT2D eigenvalue weighted by Crippen LogP contribution is -2.19. The summed E-state index contributed by atoms with van der Waals surface area (Å²) in [6, 6.07) is 13.7. The number of aliphatic imine (C=N–C) groups is 1. The molecule has 0 atom stereocenters. The summed E-state index contributed by atoms with van der Waals surface area (Å²) < 4.78 is 1.80. The van der Waals surface area contributed by atoms with Gasteiger partial charge in [0.15, 0.2) is 5.17 Å². The number of hydrogen-bond donors (Lipinski definition) is 2. The van der Waals surface area contributed by atoms with Gasteiger partial charge in [-0.05, 0) is 49.4 Å². The number of aryl methyl sites for hydroxylation is 2. The second kappa shape index (κ2) is 7.60. The van der Waals surface area contributed by atoms with E-state index in [-0.39, 0.29) is 12.5 Å². The van der Waals surface area contributed by atoms with Crippen molar-refractivity contribution in [1.29, 1.82) is 0 Å². The van der Waals surface area contributed by atoms with Crippen LogP contribution in [0.25, 0.3) is 17.0 Å². The van der Waals surface area contributed by atoms with Crippen molar-refractivity contribution in [3.05, 3.63) is 70.3 Å². The molecule has 1 aliphatic heterocycles. The highest BCUT2D eigenvalue weighted by molar-refractivity contribution is 8.18. The van der Waals surface area contributed by atoms with Crippen LogP contribution >= 0.6 is 11.8 Å². The predicted octanol–water partition coefficient (Wildman–Crippen LogP) is 3.64. The highest BCUT2D eigenvalue weighted by Crippen LogP contribution is 2.31. The number of benzene rings is 2. The summed E-state index contributed by atoms with van der Waals surface area (Å²) in [5.74, 6) is -0.605. The van der Waals surface area contributed by atoms with E-state index in [1.54, 1.807) is 4.57 Å². The zero-order chi connectivity index (χ0) is 20.5. The average molecular weight is 404 g/mol. The van der Waals surface area contributed by atoms with Gasteiger partial charge in [-0.3, -0.25) is 9.59 Å². The standard InChI is InChI=1S/C22H20N4O2S/c1-13-7-8-17(14(2)9-13)24-22-25-21(28)19(29-22)10-15-11-26(12-20(23)27)18-6-4-3-5-16(15)18/h3-11H,12H2,1-2H3,(H2,23,27)(H,24,25,28). The molecule has 29 heavy (non-hydrogen) atoms. The van der Waals surface area contributed by atoms with Gasteiger partial charge in [0.05, 0.1) is 10.6 Å². The first-order valence-corrected chi connectivity index (χ1v) is 9.95. The van der Waals surface area contributed by atoms with Crippen LogP contribution in [0.15, 0.2) is 58.6 Å². The molecule has 0 unspecified atom stereocenters. The van der Waals surface area contributed by atoms with Crippen molar-refractivity contribution in [3.63, 3.8) is 0 Å². The Balaban J connectivity index is 1.68. The van der Waals surface area contributed by atoms with E-state index in [0.29, 0.717) is 10.1 Å². The van der Waals surface area contributed by atoms with Crippen molar-refractivity contribution in [2.24, 2.45) is 10.7 Å². The molecule has 3 aromatic rings. The third-order valence-electron chi connectivity index (χ3n) is 4.66. The Morgan fingerprint density at radius 2 is 2.03 bits per heavy atom. The quantitative estimate of drug-likeness (QED) is 0.651. The lowest BCUT2D eigenvalue weighted by Gasteiger charge is -2.02. The van der Waals surface area contributed by atoms with Gasteiger partial charge in [0, 0.05) is 22.7 Å². The van der Waals surface area contributed by atoms with Crippen molar-refractivity contribution in [3.8, 4) is 0 Å². The number of carbonyl (C=O) groups excluding carboxylic acids is 2. The van der Waals surface area contributed by atoms with E-state index in [1.165, 1.54) is 17.3 Å². The number of nitrogens with one attached hydrogen (secondary N) is 1. The fourth-order valence-electron chi connectivity index (χ4n) is 3.35. The number of amides is 2. The van der Waals surface area contributed by atoms with Crippen LogP contribution < -0.4 is 11.1 Å². The maximum absolute atomic E-state index is 12.5. The largest absolute Gasteiger partial charge is 0.368 e. The molecular formula is C22H20N4O2S. The zero-order valence-corrected chi connectivity index (χ0v) is 16.9. The number of aromatic nitrogens is 1. The van der Waals surface area contributed by atoms with E-state index < -0.39 is 5.91 Å². The number of hydrogen-bond acceptors (Lipinski definition) is 4. The molecule has 0 radical (unpaired) electrons. The minimum Gasteiger partial charge on any atom is -0.368 e. The van der Waals surface area contributed by atoms with E-state index >= 15 is 0 Å². The number of thioether (sulfide) groups is 1. The molecular weight excluding hydrogens is 384 g/mol. The highest BCUT2D eigenvalue weighted by Gasteiger charge is 2.24. The molecule has 1 aromatic heterocycles. The van der Waals surface area contributed by atoms with Gasteiger partial charge >= 0.3 is 0 Å². The van der Waals surface area contributed by atoms with Crippen molar-refractivity contribution in [1.82, 2.24) is 9.88 Å². The third kappa shape index (κ3) is 3.95. The molecule has 1 aliphatic rings. The molecule has 0 aliphatic carbocycles. The molecule has 146 valence electrons. The van der Waals surface area contributed by atoms with Crippen LogP contribution in [-0.2, 0) is 16.1 Å². The van der Waals surface area contributed by atoms with Crippen molar-refractivity contribution < 1.29 is 9.59 Å². The Hall–Kier alpha value is -3.32. The number of primary amides is 1. The van der Waals surface area contributed by atoms with Crippen LogP contribution in [0.5, 0.6) is 0 Å². The van der Waals surface area contributed by atoms with E-state index in [0.717, 1.165) is 27.7 Å². The predicted molar refractivity (Wildman–Crippen MR) is 118 cm³/mol. The van der Waals surface area contributed by atoms with Gasteiger partial charge in [-0.1, -0.05) is 35.9 Å². The maximum Gasteiger partial charge on any atom is 0.264 e.